The van der Waals surface area contributed by atoms with Crippen molar-refractivity contribution in [3.63, 3.8) is 0 Å². The van der Waals surface area contributed by atoms with Crippen molar-refractivity contribution in [3.05, 3.63) is 89.8 Å². The molecule has 0 saturated carbocycles. The van der Waals surface area contributed by atoms with E-state index >= 15 is 0 Å². The van der Waals surface area contributed by atoms with E-state index in [0.29, 0.717) is 42.1 Å². The molecule has 4 aromatic carbocycles. The summed E-state index contributed by atoms with van der Waals surface area (Å²) in [4.78, 5) is 41.9. The quantitative estimate of drug-likeness (QED) is 0.0403. The van der Waals surface area contributed by atoms with E-state index in [-0.39, 0.29) is 89.1 Å². The Kier molecular flexibility index (Phi) is 14.7. The van der Waals surface area contributed by atoms with Gasteiger partial charge in [-0.3, -0.25) is 18.7 Å². The van der Waals surface area contributed by atoms with E-state index in [1.807, 2.05) is 65.4 Å². The van der Waals surface area contributed by atoms with Gasteiger partial charge >= 0.3 is 65.1 Å². The summed E-state index contributed by atoms with van der Waals surface area (Å²) in [5.74, 6) is -1.78. The molecule has 14 nitrogen and oxygen atoms in total. The Bertz CT molecular complexity index is 2970. The standard InChI is InChI=1S/C43H44N4O10S2.2Na/c1-43(2)36(16-9-6-8-15-32-30-14-12-13-27-18-20-34(44(3)4)42(40(27)30)45(32)5)46(24-11-7-10-17-39(50)57-47-37(48)22-23-38(47)49)33-21-19-29-31(41(33)43)25-28(58(51,52)53)26-35(29)59(54,55)56;;/h6,8-9,12-16,18-21,25-26H,7,10-11,17,22-24H2,1-5H3,(H-,51,52,53,54,55,56);;/q;2*+1/p+1. The third-order valence-corrected chi connectivity index (χ3v) is 12.8. The second-order valence-corrected chi connectivity index (χ2v) is 18.3. The number of imide groups is 1. The molecule has 2 N–H and O–H groups in total. The van der Waals surface area contributed by atoms with Gasteiger partial charge in [0.25, 0.3) is 32.1 Å². The first-order valence-corrected chi connectivity index (χ1v) is 22.0. The number of hydroxylamine groups is 2. The van der Waals surface area contributed by atoms with Crippen molar-refractivity contribution in [3.8, 4) is 0 Å². The van der Waals surface area contributed by atoms with Crippen LogP contribution in [0.1, 0.15) is 57.9 Å². The van der Waals surface area contributed by atoms with E-state index in [2.05, 4.69) is 44.4 Å². The minimum Gasteiger partial charge on any atom is -0.376 e. The number of nitrogens with zero attached hydrogens (tertiary/aromatic N) is 4. The summed E-state index contributed by atoms with van der Waals surface area (Å²) >= 11 is 0. The minimum atomic E-state index is -4.91. The third kappa shape index (κ3) is 9.35. The van der Waals surface area contributed by atoms with Crippen molar-refractivity contribution in [1.82, 2.24) is 9.63 Å². The monoisotopic (exact) mass is 887 g/mol. The number of amides is 2. The average Bonchev–Trinajstić information content (AvgIpc) is 3.72. The Morgan fingerprint density at radius 3 is 2.23 bits per heavy atom. The number of carbonyl (C=O) groups excluding carboxylic acids is 3. The van der Waals surface area contributed by atoms with Crippen molar-refractivity contribution >= 4 is 93.6 Å². The molecule has 18 heteroatoms. The molecule has 61 heavy (non-hydrogen) atoms. The molecule has 5 aromatic rings. The number of aromatic nitrogens is 1. The van der Waals surface area contributed by atoms with Crippen LogP contribution in [0, 0.1) is 0 Å². The summed E-state index contributed by atoms with van der Waals surface area (Å²) < 4.78 is 74.2. The third-order valence-electron chi connectivity index (χ3n) is 11.1. The number of unbranched alkanes of at least 4 members (excludes halogenated alkanes) is 2. The van der Waals surface area contributed by atoms with E-state index in [1.165, 1.54) is 17.5 Å². The molecule has 308 valence electrons. The van der Waals surface area contributed by atoms with E-state index < -0.39 is 53.2 Å². The van der Waals surface area contributed by atoms with Gasteiger partial charge in [0.15, 0.2) is 5.71 Å². The first-order valence-electron chi connectivity index (χ1n) is 19.1. The Morgan fingerprint density at radius 2 is 1.57 bits per heavy atom. The van der Waals surface area contributed by atoms with E-state index in [0.717, 1.165) is 39.1 Å². The number of hydrogen-bond acceptors (Lipinski definition) is 9. The van der Waals surface area contributed by atoms with Gasteiger partial charge in [0, 0.05) is 86.0 Å². The van der Waals surface area contributed by atoms with Crippen LogP contribution in [0.15, 0.2) is 88.7 Å². The second-order valence-electron chi connectivity index (χ2n) is 15.5. The largest absolute Gasteiger partial charge is 1.00 e. The fourth-order valence-corrected chi connectivity index (χ4v) is 9.73. The van der Waals surface area contributed by atoms with Gasteiger partial charge in [-0.05, 0) is 67.8 Å². The predicted molar refractivity (Wildman–Crippen MR) is 225 cm³/mol. The van der Waals surface area contributed by atoms with Gasteiger partial charge in [-0.25, -0.2) is 4.79 Å². The van der Waals surface area contributed by atoms with Crippen LogP contribution < -0.4 is 69.4 Å². The van der Waals surface area contributed by atoms with Crippen LogP contribution in [0.4, 0.5) is 11.4 Å². The van der Waals surface area contributed by atoms with E-state index in [1.54, 1.807) is 6.07 Å². The molecule has 7 rings (SSSR count). The second kappa shape index (κ2) is 18.6. The smallest absolute Gasteiger partial charge is 0.376 e. The Hall–Kier alpha value is -3.68. The average molecular weight is 888 g/mol. The van der Waals surface area contributed by atoms with Crippen LogP contribution in [0.3, 0.4) is 0 Å². The SMILES string of the molecule is CN(C)c1ccc2cccc3/c(=C/C=C/C=C/C4=[N+](CCCCCC(=O)ON5C(=O)CCC5=O)c5ccc6c(S(=O)(=O)O)cc(S(=O)(=O)O)cc6c5C4(C)C)n(C)c1c23.[Na+].[Na+]. The maximum atomic E-state index is 12.5. The summed E-state index contributed by atoms with van der Waals surface area (Å²) in [7, 11) is -3.70. The van der Waals surface area contributed by atoms with Crippen molar-refractivity contribution in [2.75, 3.05) is 25.5 Å². The van der Waals surface area contributed by atoms with Gasteiger partial charge in [-0.1, -0.05) is 42.5 Å². The molecule has 0 radical (unpaired) electrons. The number of allylic oxidation sites excluding steroid dienone is 4. The number of carbonyl (C=O) groups is 3. The van der Waals surface area contributed by atoms with Crippen LogP contribution in [-0.4, -0.2) is 84.3 Å². The van der Waals surface area contributed by atoms with Gasteiger partial charge in [0.05, 0.1) is 21.5 Å². The van der Waals surface area contributed by atoms with Crippen molar-refractivity contribution in [2.45, 2.75) is 67.6 Å². The maximum absolute atomic E-state index is 12.5. The molecule has 2 aliphatic heterocycles. The number of benzene rings is 4. The number of anilines is 1. The summed E-state index contributed by atoms with van der Waals surface area (Å²) in [5, 5.41) is 5.34. The summed E-state index contributed by atoms with van der Waals surface area (Å²) in [6.45, 7) is 4.29. The molecule has 0 atom stereocenters. The molecule has 0 aliphatic carbocycles. The Labute approximate surface area is 398 Å². The fraction of sp³-hybridized carbons (Fsp3) is 0.302. The van der Waals surface area contributed by atoms with E-state index in [9.17, 15) is 40.3 Å². The van der Waals surface area contributed by atoms with Crippen molar-refractivity contribution < 1.29 is 109 Å². The van der Waals surface area contributed by atoms with Crippen LogP contribution in [0.2, 0.25) is 0 Å². The van der Waals surface area contributed by atoms with Crippen molar-refractivity contribution in [1.29, 1.82) is 0 Å². The first kappa shape index (κ1) is 48.4. The zero-order chi connectivity index (χ0) is 42.6. The zero-order valence-electron chi connectivity index (χ0n) is 35.3. The molecule has 0 spiro atoms. The molecule has 1 aromatic heterocycles. The van der Waals surface area contributed by atoms with Crippen LogP contribution in [-0.2, 0) is 51.9 Å². The normalized spacial score (nSPS) is 15.8. The van der Waals surface area contributed by atoms with E-state index in [4.69, 9.17) is 4.84 Å². The summed E-state index contributed by atoms with van der Waals surface area (Å²) in [6.07, 6.45) is 11.3. The Morgan fingerprint density at radius 1 is 0.869 bits per heavy atom. The number of rotatable bonds is 13. The topological polar surface area (TPSA) is 184 Å². The Balaban J connectivity index is 0.00000352. The first-order chi connectivity index (χ1) is 27.8. The van der Waals surface area contributed by atoms with Crippen LogP contribution >= 0.6 is 0 Å². The minimum absolute atomic E-state index is 0. The number of fused-ring (bicyclic) bond motifs is 3. The van der Waals surface area contributed by atoms with Crippen LogP contribution in [0.5, 0.6) is 0 Å². The molecule has 2 amide bonds. The predicted octanol–water partition coefficient (Wildman–Crippen LogP) is -0.0921. The number of aryl methyl sites for hydroxylation is 1. The molecule has 0 bridgehead atoms. The zero-order valence-corrected chi connectivity index (χ0v) is 40.9. The van der Waals surface area contributed by atoms with Gasteiger partial charge in [-0.2, -0.15) is 21.4 Å². The van der Waals surface area contributed by atoms with Gasteiger partial charge in [0.2, 0.25) is 5.69 Å². The maximum Gasteiger partial charge on any atom is 1.00 e. The summed E-state index contributed by atoms with van der Waals surface area (Å²) in [5.41, 5.74) is 3.45. The fourth-order valence-electron chi connectivity index (χ4n) is 8.39. The molecule has 3 heterocycles. The summed E-state index contributed by atoms with van der Waals surface area (Å²) in [6, 6.07) is 15.7. The van der Waals surface area contributed by atoms with Gasteiger partial charge < -0.3 is 14.3 Å². The molecular formula is C43H45N4Na2O10S2+3. The molecular weight excluding hydrogens is 843 g/mol. The molecule has 1 saturated heterocycles. The molecule has 1 fully saturated rings. The van der Waals surface area contributed by atoms with Crippen LogP contribution in [0.25, 0.3) is 38.5 Å². The number of hydrogen-bond donors (Lipinski definition) is 2. The molecule has 0 unspecified atom stereocenters. The molecule has 2 aliphatic rings. The van der Waals surface area contributed by atoms with Crippen molar-refractivity contribution in [2.24, 2.45) is 7.05 Å². The van der Waals surface area contributed by atoms with Gasteiger partial charge in [-0.15, -0.1) is 5.06 Å². The van der Waals surface area contributed by atoms with Gasteiger partial charge in [0.1, 0.15) is 11.4 Å².